The van der Waals surface area contributed by atoms with Crippen molar-refractivity contribution in [2.75, 3.05) is 13.7 Å². The minimum atomic E-state index is 0.450. The average molecular weight is 337 g/mol. The molecule has 0 bridgehead atoms. The van der Waals surface area contributed by atoms with Crippen LogP contribution in [0.25, 0.3) is 11.4 Å². The molecule has 2 aromatic heterocycles. The number of nitrogens with zero attached hydrogens (tertiary/aromatic N) is 4. The van der Waals surface area contributed by atoms with Crippen molar-refractivity contribution in [3.63, 3.8) is 0 Å². The third-order valence-electron chi connectivity index (χ3n) is 4.86. The van der Waals surface area contributed by atoms with Crippen LogP contribution in [-0.2, 0) is 19.5 Å². The summed E-state index contributed by atoms with van der Waals surface area (Å²) in [5, 5.41) is 0. The number of benzene rings is 1. The van der Waals surface area contributed by atoms with Gasteiger partial charge in [0.15, 0.2) is 0 Å². The molecule has 3 heterocycles. The Labute approximate surface area is 147 Å². The molecular weight excluding hydrogens is 314 g/mol. The highest BCUT2D eigenvalue weighted by Gasteiger charge is 2.24. The van der Waals surface area contributed by atoms with E-state index in [4.69, 9.17) is 9.72 Å². The number of fused-ring (bicyclic) bond motifs is 1. The maximum absolute atomic E-state index is 5.32. The zero-order chi connectivity index (χ0) is 17.2. The maximum Gasteiger partial charge on any atom is 0.137 e. The highest BCUT2D eigenvalue weighted by molar-refractivity contribution is 5.58. The van der Waals surface area contributed by atoms with Gasteiger partial charge in [-0.05, 0) is 19.1 Å². The van der Waals surface area contributed by atoms with E-state index in [0.29, 0.717) is 6.04 Å². The van der Waals surface area contributed by atoms with Gasteiger partial charge in [0.1, 0.15) is 11.6 Å². The molecule has 0 saturated carbocycles. The molecule has 0 unspecified atom stereocenters. The molecule has 1 aliphatic heterocycles. The Kier molecular flexibility index (Phi) is 4.28. The Morgan fingerprint density at radius 3 is 3.08 bits per heavy atom. The third-order valence-corrected chi connectivity index (χ3v) is 4.86. The van der Waals surface area contributed by atoms with E-state index in [1.54, 1.807) is 7.11 Å². The molecule has 0 aliphatic carbocycles. The van der Waals surface area contributed by atoms with Crippen LogP contribution in [0, 0.1) is 0 Å². The summed E-state index contributed by atoms with van der Waals surface area (Å²) in [5.41, 5.74) is 3.47. The van der Waals surface area contributed by atoms with Gasteiger partial charge in [0.25, 0.3) is 0 Å². The van der Waals surface area contributed by atoms with E-state index < -0.39 is 0 Å². The van der Waals surface area contributed by atoms with Gasteiger partial charge in [-0.1, -0.05) is 12.1 Å². The number of imidazole rings is 2. The maximum atomic E-state index is 5.32. The minimum Gasteiger partial charge on any atom is -0.497 e. The first-order valence-corrected chi connectivity index (χ1v) is 8.65. The topological polar surface area (TPSA) is 59.0 Å². The Balaban J connectivity index is 1.50. The van der Waals surface area contributed by atoms with Crippen LogP contribution in [0.5, 0.6) is 5.75 Å². The van der Waals surface area contributed by atoms with Crippen molar-refractivity contribution in [2.45, 2.75) is 32.5 Å². The number of H-pyrrole nitrogens is 1. The zero-order valence-corrected chi connectivity index (χ0v) is 14.6. The summed E-state index contributed by atoms with van der Waals surface area (Å²) in [6.45, 7) is 5.16. The van der Waals surface area contributed by atoms with Crippen molar-refractivity contribution in [3.05, 3.63) is 54.4 Å². The molecule has 25 heavy (non-hydrogen) atoms. The molecule has 0 fully saturated rings. The van der Waals surface area contributed by atoms with E-state index in [-0.39, 0.29) is 0 Å². The monoisotopic (exact) mass is 337 g/mol. The standard InChI is InChI=1S/C19H23N5O/c1-14(11-23-9-7-20-13-23)24-8-6-17-18(12-24)22-19(21-17)15-4-3-5-16(10-15)25-2/h3-5,7,9-10,13-14H,6,8,11-12H2,1-2H3,(H,21,22)/t14-/m1/s1. The largest absolute Gasteiger partial charge is 0.497 e. The highest BCUT2D eigenvalue weighted by Crippen LogP contribution is 2.26. The number of ether oxygens (including phenoxy) is 1. The van der Waals surface area contributed by atoms with E-state index >= 15 is 0 Å². The molecule has 4 rings (SSSR count). The molecule has 6 heteroatoms. The van der Waals surface area contributed by atoms with Crippen molar-refractivity contribution >= 4 is 0 Å². The van der Waals surface area contributed by atoms with Crippen LogP contribution in [0.4, 0.5) is 0 Å². The highest BCUT2D eigenvalue weighted by atomic mass is 16.5. The van der Waals surface area contributed by atoms with Gasteiger partial charge < -0.3 is 14.3 Å². The van der Waals surface area contributed by atoms with Crippen molar-refractivity contribution in [1.29, 1.82) is 0 Å². The van der Waals surface area contributed by atoms with Crippen LogP contribution in [0.3, 0.4) is 0 Å². The predicted octanol–water partition coefficient (Wildman–Crippen LogP) is 2.73. The molecule has 6 nitrogen and oxygen atoms in total. The lowest BCUT2D eigenvalue weighted by Crippen LogP contribution is -2.39. The number of methoxy groups -OCH3 is 1. The number of aromatic amines is 1. The molecule has 0 amide bonds. The van der Waals surface area contributed by atoms with Crippen molar-refractivity contribution in [1.82, 2.24) is 24.4 Å². The molecule has 0 spiro atoms. The number of rotatable bonds is 5. The van der Waals surface area contributed by atoms with Gasteiger partial charge in [-0.2, -0.15) is 0 Å². The van der Waals surface area contributed by atoms with E-state index in [2.05, 4.69) is 32.4 Å². The Hall–Kier alpha value is -2.60. The van der Waals surface area contributed by atoms with E-state index in [1.165, 1.54) is 11.4 Å². The first kappa shape index (κ1) is 15.9. The Bertz CT molecular complexity index is 839. The zero-order valence-electron chi connectivity index (χ0n) is 14.6. The van der Waals surface area contributed by atoms with Crippen molar-refractivity contribution < 1.29 is 4.74 Å². The fourth-order valence-corrected chi connectivity index (χ4v) is 3.41. The summed E-state index contributed by atoms with van der Waals surface area (Å²) in [6.07, 6.45) is 6.70. The first-order valence-electron chi connectivity index (χ1n) is 8.65. The Morgan fingerprint density at radius 2 is 2.28 bits per heavy atom. The second-order valence-corrected chi connectivity index (χ2v) is 6.57. The minimum absolute atomic E-state index is 0.450. The summed E-state index contributed by atoms with van der Waals surface area (Å²) < 4.78 is 7.45. The molecule has 3 aromatic rings. The molecule has 1 aromatic carbocycles. The average Bonchev–Trinajstić information content (AvgIpc) is 3.30. The normalized spacial score (nSPS) is 15.8. The van der Waals surface area contributed by atoms with Crippen LogP contribution >= 0.6 is 0 Å². The lowest BCUT2D eigenvalue weighted by molar-refractivity contribution is 0.171. The van der Waals surface area contributed by atoms with Crippen LogP contribution in [0.1, 0.15) is 18.3 Å². The summed E-state index contributed by atoms with van der Waals surface area (Å²) in [6, 6.07) is 8.47. The molecular formula is C19H23N5O. The molecule has 1 atom stereocenters. The molecule has 130 valence electrons. The number of hydrogen-bond acceptors (Lipinski definition) is 4. The SMILES string of the molecule is COc1cccc(-c2nc3c([nH]2)CN([C@H](C)Cn2ccnc2)CC3)c1. The molecule has 0 saturated heterocycles. The fraction of sp³-hybridized carbons (Fsp3) is 0.368. The quantitative estimate of drug-likeness (QED) is 0.778. The number of hydrogen-bond donors (Lipinski definition) is 1. The predicted molar refractivity (Wildman–Crippen MR) is 96.4 cm³/mol. The fourth-order valence-electron chi connectivity index (χ4n) is 3.41. The summed E-state index contributed by atoms with van der Waals surface area (Å²) in [5.74, 6) is 1.77. The van der Waals surface area contributed by atoms with Gasteiger partial charge in [-0.3, -0.25) is 4.90 Å². The van der Waals surface area contributed by atoms with Gasteiger partial charge in [0.2, 0.25) is 0 Å². The number of nitrogens with one attached hydrogen (secondary N) is 1. The van der Waals surface area contributed by atoms with Gasteiger partial charge in [-0.15, -0.1) is 0 Å². The Morgan fingerprint density at radius 1 is 1.36 bits per heavy atom. The number of aromatic nitrogens is 4. The summed E-state index contributed by atoms with van der Waals surface area (Å²) >= 11 is 0. The lowest BCUT2D eigenvalue weighted by Gasteiger charge is -2.31. The van der Waals surface area contributed by atoms with Gasteiger partial charge >= 0.3 is 0 Å². The summed E-state index contributed by atoms with van der Waals surface area (Å²) in [4.78, 5) is 15.0. The van der Waals surface area contributed by atoms with Gasteiger partial charge in [-0.25, -0.2) is 9.97 Å². The third kappa shape index (κ3) is 3.30. The molecule has 1 aliphatic rings. The second-order valence-electron chi connectivity index (χ2n) is 6.57. The summed E-state index contributed by atoms with van der Waals surface area (Å²) in [7, 11) is 1.69. The van der Waals surface area contributed by atoms with Crippen LogP contribution in [-0.4, -0.2) is 44.1 Å². The molecule has 1 N–H and O–H groups in total. The lowest BCUT2D eigenvalue weighted by atomic mass is 10.1. The van der Waals surface area contributed by atoms with Crippen molar-refractivity contribution in [2.24, 2.45) is 0 Å². The van der Waals surface area contributed by atoms with Gasteiger partial charge in [0.05, 0.1) is 24.8 Å². The molecule has 0 radical (unpaired) electrons. The van der Waals surface area contributed by atoms with E-state index in [9.17, 15) is 0 Å². The smallest absolute Gasteiger partial charge is 0.137 e. The van der Waals surface area contributed by atoms with Gasteiger partial charge in [0, 0.05) is 50.1 Å². The van der Waals surface area contributed by atoms with Crippen LogP contribution < -0.4 is 4.74 Å². The van der Waals surface area contributed by atoms with Crippen molar-refractivity contribution in [3.8, 4) is 17.1 Å². The van der Waals surface area contributed by atoms with E-state index in [1.807, 2.05) is 36.9 Å². The van der Waals surface area contributed by atoms with E-state index in [0.717, 1.165) is 43.2 Å². The van der Waals surface area contributed by atoms with Crippen LogP contribution in [0.15, 0.2) is 43.0 Å². The first-order chi connectivity index (χ1) is 12.2. The van der Waals surface area contributed by atoms with Crippen LogP contribution in [0.2, 0.25) is 0 Å². The second kappa shape index (κ2) is 6.72.